The van der Waals surface area contributed by atoms with E-state index in [-0.39, 0.29) is 6.09 Å². The van der Waals surface area contributed by atoms with Crippen molar-refractivity contribution in [3.8, 4) is 0 Å². The van der Waals surface area contributed by atoms with Gasteiger partial charge in [-0.15, -0.1) is 0 Å². The SMILES string of the molecule is COC1CCN(CC2CCCCN(C(=O)OC(C)(C)C)C2)CC1. The summed E-state index contributed by atoms with van der Waals surface area (Å²) in [5.74, 6) is 0.559. The molecule has 1 unspecified atom stereocenters. The molecular weight excluding hydrogens is 292 g/mol. The number of hydrogen-bond donors (Lipinski definition) is 0. The lowest BCUT2D eigenvalue weighted by Crippen LogP contribution is -2.43. The van der Waals surface area contributed by atoms with Crippen molar-refractivity contribution in [3.05, 3.63) is 0 Å². The smallest absolute Gasteiger partial charge is 0.410 e. The molecule has 0 aromatic heterocycles. The molecule has 0 radical (unpaired) electrons. The van der Waals surface area contributed by atoms with Gasteiger partial charge in [0, 0.05) is 39.8 Å². The first-order chi connectivity index (χ1) is 10.9. The van der Waals surface area contributed by atoms with Crippen molar-refractivity contribution < 1.29 is 14.3 Å². The number of hydrogen-bond acceptors (Lipinski definition) is 4. The second kappa shape index (κ2) is 8.34. The van der Waals surface area contributed by atoms with E-state index in [0.717, 1.165) is 52.0 Å². The van der Waals surface area contributed by atoms with Gasteiger partial charge in [-0.3, -0.25) is 0 Å². The highest BCUT2D eigenvalue weighted by atomic mass is 16.6. The van der Waals surface area contributed by atoms with Gasteiger partial charge in [0.1, 0.15) is 5.60 Å². The standard InChI is InChI=1S/C18H34N2O3/c1-18(2,3)23-17(21)20-10-6-5-7-15(14-20)13-19-11-8-16(22-4)9-12-19/h15-16H,5-14H2,1-4H3. The Balaban J connectivity index is 1.83. The molecular formula is C18H34N2O3. The zero-order chi connectivity index (χ0) is 16.9. The average molecular weight is 326 g/mol. The molecule has 1 amide bonds. The van der Waals surface area contributed by atoms with E-state index >= 15 is 0 Å². The number of nitrogens with zero attached hydrogens (tertiary/aromatic N) is 2. The van der Waals surface area contributed by atoms with Gasteiger partial charge in [0.05, 0.1) is 6.10 Å². The summed E-state index contributed by atoms with van der Waals surface area (Å²) in [5.41, 5.74) is -0.416. The zero-order valence-corrected chi connectivity index (χ0v) is 15.3. The summed E-state index contributed by atoms with van der Waals surface area (Å²) < 4.78 is 11.0. The molecule has 23 heavy (non-hydrogen) atoms. The Morgan fingerprint density at radius 1 is 1.09 bits per heavy atom. The van der Waals surface area contributed by atoms with Crippen molar-refractivity contribution in [1.82, 2.24) is 9.80 Å². The van der Waals surface area contributed by atoms with E-state index in [1.54, 1.807) is 0 Å². The first-order valence-electron chi connectivity index (χ1n) is 9.10. The number of amides is 1. The second-order valence-electron chi connectivity index (χ2n) is 8.02. The van der Waals surface area contributed by atoms with Gasteiger partial charge < -0.3 is 19.3 Å². The van der Waals surface area contributed by atoms with Crippen molar-refractivity contribution in [2.24, 2.45) is 5.92 Å². The average Bonchev–Trinajstić information content (AvgIpc) is 2.72. The van der Waals surface area contributed by atoms with E-state index in [9.17, 15) is 4.79 Å². The third kappa shape index (κ3) is 6.30. The van der Waals surface area contributed by atoms with Crippen LogP contribution in [0.25, 0.3) is 0 Å². The molecule has 5 nitrogen and oxygen atoms in total. The Morgan fingerprint density at radius 3 is 2.39 bits per heavy atom. The summed E-state index contributed by atoms with van der Waals surface area (Å²) in [5, 5.41) is 0. The van der Waals surface area contributed by atoms with Gasteiger partial charge in [-0.05, 0) is 52.4 Å². The molecule has 134 valence electrons. The van der Waals surface area contributed by atoms with Gasteiger partial charge in [-0.25, -0.2) is 4.79 Å². The van der Waals surface area contributed by atoms with Crippen LogP contribution in [0.15, 0.2) is 0 Å². The second-order valence-corrected chi connectivity index (χ2v) is 8.02. The van der Waals surface area contributed by atoms with Crippen LogP contribution in [0.2, 0.25) is 0 Å². The maximum absolute atomic E-state index is 12.4. The molecule has 1 atom stereocenters. The van der Waals surface area contributed by atoms with Gasteiger partial charge in [0.25, 0.3) is 0 Å². The van der Waals surface area contributed by atoms with Gasteiger partial charge in [-0.2, -0.15) is 0 Å². The summed E-state index contributed by atoms with van der Waals surface area (Å²) in [6, 6.07) is 0. The number of carbonyl (C=O) groups is 1. The molecule has 2 fully saturated rings. The normalized spacial score (nSPS) is 25.2. The predicted octanol–water partition coefficient (Wildman–Crippen LogP) is 3.13. The van der Waals surface area contributed by atoms with Gasteiger partial charge in [0.15, 0.2) is 0 Å². The molecule has 2 aliphatic heterocycles. The third-order valence-corrected chi connectivity index (χ3v) is 4.81. The first-order valence-corrected chi connectivity index (χ1v) is 9.10. The lowest BCUT2D eigenvalue weighted by atomic mass is 10.0. The van der Waals surface area contributed by atoms with Crippen LogP contribution in [-0.2, 0) is 9.47 Å². The van der Waals surface area contributed by atoms with Crippen molar-refractivity contribution in [2.75, 3.05) is 39.8 Å². The summed E-state index contributed by atoms with van der Waals surface area (Å²) in [6.07, 6.45) is 6.03. The Hall–Kier alpha value is -0.810. The molecule has 0 aliphatic carbocycles. The van der Waals surface area contributed by atoms with Crippen LogP contribution >= 0.6 is 0 Å². The lowest BCUT2D eigenvalue weighted by Gasteiger charge is -2.34. The topological polar surface area (TPSA) is 42.0 Å². The van der Waals surface area contributed by atoms with Crippen LogP contribution in [0.3, 0.4) is 0 Å². The highest BCUT2D eigenvalue weighted by molar-refractivity contribution is 5.68. The summed E-state index contributed by atoms with van der Waals surface area (Å²) in [7, 11) is 1.81. The number of carbonyl (C=O) groups excluding carboxylic acids is 1. The minimum atomic E-state index is -0.416. The van der Waals surface area contributed by atoms with E-state index in [2.05, 4.69) is 4.90 Å². The molecule has 0 aromatic carbocycles. The zero-order valence-electron chi connectivity index (χ0n) is 15.3. The third-order valence-electron chi connectivity index (χ3n) is 4.81. The van der Waals surface area contributed by atoms with Crippen LogP contribution in [0.4, 0.5) is 4.79 Å². The Bertz CT molecular complexity index is 373. The number of piperidine rings is 1. The highest BCUT2D eigenvalue weighted by Crippen LogP contribution is 2.22. The van der Waals surface area contributed by atoms with E-state index in [0.29, 0.717) is 12.0 Å². The van der Waals surface area contributed by atoms with Crippen LogP contribution in [0, 0.1) is 5.92 Å². The summed E-state index contributed by atoms with van der Waals surface area (Å²) >= 11 is 0. The van der Waals surface area contributed by atoms with Crippen molar-refractivity contribution in [2.45, 2.75) is 64.6 Å². The maximum atomic E-state index is 12.4. The van der Waals surface area contributed by atoms with E-state index < -0.39 is 5.60 Å². The Labute approximate surface area is 141 Å². The molecule has 5 heteroatoms. The molecule has 2 heterocycles. The van der Waals surface area contributed by atoms with Crippen molar-refractivity contribution in [3.63, 3.8) is 0 Å². The highest BCUT2D eigenvalue weighted by Gasteiger charge is 2.28. The number of rotatable bonds is 3. The monoisotopic (exact) mass is 326 g/mol. The fourth-order valence-electron chi connectivity index (χ4n) is 3.56. The number of ether oxygens (including phenoxy) is 2. The van der Waals surface area contributed by atoms with E-state index in [1.807, 2.05) is 32.8 Å². The Kier molecular flexibility index (Phi) is 6.72. The predicted molar refractivity (Wildman–Crippen MR) is 91.6 cm³/mol. The van der Waals surface area contributed by atoms with Crippen LogP contribution < -0.4 is 0 Å². The fraction of sp³-hybridized carbons (Fsp3) is 0.944. The molecule has 0 N–H and O–H groups in total. The first kappa shape index (κ1) is 18.5. The Morgan fingerprint density at radius 2 is 1.78 bits per heavy atom. The van der Waals surface area contributed by atoms with Gasteiger partial charge in [-0.1, -0.05) is 6.42 Å². The number of methoxy groups -OCH3 is 1. The molecule has 2 saturated heterocycles. The largest absolute Gasteiger partial charge is 0.444 e. The van der Waals surface area contributed by atoms with Crippen LogP contribution in [0.1, 0.15) is 52.9 Å². The van der Waals surface area contributed by atoms with Crippen LogP contribution in [0.5, 0.6) is 0 Å². The molecule has 0 aromatic rings. The van der Waals surface area contributed by atoms with E-state index in [4.69, 9.17) is 9.47 Å². The molecule has 0 bridgehead atoms. The van der Waals surface area contributed by atoms with Gasteiger partial charge >= 0.3 is 6.09 Å². The maximum Gasteiger partial charge on any atom is 0.410 e. The lowest BCUT2D eigenvalue weighted by molar-refractivity contribution is 0.0188. The van der Waals surface area contributed by atoms with Crippen molar-refractivity contribution >= 4 is 6.09 Å². The minimum Gasteiger partial charge on any atom is -0.444 e. The van der Waals surface area contributed by atoms with E-state index in [1.165, 1.54) is 12.8 Å². The van der Waals surface area contributed by atoms with Crippen LogP contribution in [-0.4, -0.2) is 67.4 Å². The summed E-state index contributed by atoms with van der Waals surface area (Å²) in [4.78, 5) is 16.8. The quantitative estimate of drug-likeness (QED) is 0.799. The number of likely N-dealkylation sites (tertiary alicyclic amines) is 2. The molecule has 2 aliphatic rings. The molecule has 2 rings (SSSR count). The van der Waals surface area contributed by atoms with Crippen molar-refractivity contribution in [1.29, 1.82) is 0 Å². The fourth-order valence-corrected chi connectivity index (χ4v) is 3.56. The summed E-state index contributed by atoms with van der Waals surface area (Å²) in [6.45, 7) is 10.8. The minimum absolute atomic E-state index is 0.150. The molecule has 0 spiro atoms. The molecule has 0 saturated carbocycles. The van der Waals surface area contributed by atoms with Gasteiger partial charge in [0.2, 0.25) is 0 Å².